The van der Waals surface area contributed by atoms with Crippen molar-refractivity contribution in [3.63, 3.8) is 0 Å². The molecule has 0 aromatic rings. The van der Waals surface area contributed by atoms with Gasteiger partial charge in [-0.1, -0.05) is 6.08 Å². The lowest BCUT2D eigenvalue weighted by molar-refractivity contribution is -0.136. The van der Waals surface area contributed by atoms with Crippen LogP contribution in [0.5, 0.6) is 0 Å². The summed E-state index contributed by atoms with van der Waals surface area (Å²) in [5, 5.41) is 0. The first-order valence-electron chi connectivity index (χ1n) is 2.40. The number of rotatable bonds is 2. The maximum atomic E-state index is 10.3. The Bertz CT molecular complexity index is 94.7. The highest BCUT2D eigenvalue weighted by Gasteiger charge is 1.88. The van der Waals surface area contributed by atoms with Crippen molar-refractivity contribution in [2.75, 3.05) is 6.61 Å². The number of carbonyl (C=O) groups excluding carboxylic acids is 1. The molecule has 0 aliphatic carbocycles. The number of esters is 1. The van der Waals surface area contributed by atoms with Gasteiger partial charge in [-0.2, -0.15) is 0 Å². The summed E-state index contributed by atoms with van der Waals surface area (Å²) in [6.07, 6.45) is 2.98. The molecule has 8 heavy (non-hydrogen) atoms. The first-order valence-corrected chi connectivity index (χ1v) is 2.40. The summed E-state index contributed by atoms with van der Waals surface area (Å²) in [6.45, 7) is 5.28. The number of carbonyl (C=O) groups is 1. The third-order valence-corrected chi connectivity index (χ3v) is 0.547. The second kappa shape index (κ2) is 4.37. The van der Waals surface area contributed by atoms with Gasteiger partial charge in [0.25, 0.3) is 0 Å². The van der Waals surface area contributed by atoms with E-state index in [1.54, 1.807) is 13.0 Å². The Morgan fingerprint density at radius 2 is 2.50 bits per heavy atom. The second-order valence-corrected chi connectivity index (χ2v) is 1.17. The van der Waals surface area contributed by atoms with Crippen molar-refractivity contribution < 1.29 is 9.53 Å². The monoisotopic (exact) mass is 113 g/mol. The van der Waals surface area contributed by atoms with E-state index < -0.39 is 0 Å². The Kier molecular flexibility index (Phi) is 3.94. The summed E-state index contributed by atoms with van der Waals surface area (Å²) in [6, 6.07) is 0. The van der Waals surface area contributed by atoms with Gasteiger partial charge < -0.3 is 4.74 Å². The van der Waals surface area contributed by atoms with Crippen LogP contribution in [0.4, 0.5) is 0 Å². The van der Waals surface area contributed by atoms with Gasteiger partial charge in [-0.15, -0.1) is 0 Å². The lowest BCUT2D eigenvalue weighted by Gasteiger charge is -1.91. The molecule has 0 atom stereocenters. The van der Waals surface area contributed by atoms with Gasteiger partial charge in [-0.25, -0.2) is 4.79 Å². The molecule has 0 rings (SSSR count). The van der Waals surface area contributed by atoms with Gasteiger partial charge in [-0.3, -0.25) is 0 Å². The fourth-order valence-corrected chi connectivity index (χ4v) is 0.285. The van der Waals surface area contributed by atoms with Crippen LogP contribution in [0.2, 0.25) is 0 Å². The Morgan fingerprint density at radius 3 is 2.88 bits per heavy atom. The number of ether oxygens (including phenoxy) is 1. The Hall–Kier alpha value is -0.790. The largest absolute Gasteiger partial charge is 0.463 e. The molecule has 0 bridgehead atoms. The standard InChI is InChI=1S/C6H9O2/c1-3-5-6(7)8-4-2/h3,5H,2,4H2,1H3. The van der Waals surface area contributed by atoms with E-state index in [9.17, 15) is 4.79 Å². The van der Waals surface area contributed by atoms with Crippen molar-refractivity contribution >= 4 is 5.97 Å². The molecule has 0 aromatic carbocycles. The highest BCUT2D eigenvalue weighted by Crippen LogP contribution is 1.78. The molecular formula is C6H9O2. The summed E-state index contributed by atoms with van der Waals surface area (Å²) in [5.41, 5.74) is 0. The van der Waals surface area contributed by atoms with Gasteiger partial charge in [-0.05, 0) is 13.8 Å². The van der Waals surface area contributed by atoms with E-state index in [1.165, 1.54) is 6.08 Å². The zero-order chi connectivity index (χ0) is 6.41. The maximum absolute atomic E-state index is 10.3. The molecule has 0 saturated carbocycles. The van der Waals surface area contributed by atoms with Gasteiger partial charge in [0.15, 0.2) is 0 Å². The molecule has 0 aromatic heterocycles. The molecule has 0 N–H and O–H groups in total. The summed E-state index contributed by atoms with van der Waals surface area (Å²) < 4.78 is 4.45. The van der Waals surface area contributed by atoms with E-state index >= 15 is 0 Å². The van der Waals surface area contributed by atoms with Crippen LogP contribution in [0.3, 0.4) is 0 Å². The number of hydrogen-bond acceptors (Lipinski definition) is 2. The molecule has 2 heteroatoms. The van der Waals surface area contributed by atoms with Gasteiger partial charge in [0, 0.05) is 6.08 Å². The quantitative estimate of drug-likeness (QED) is 0.393. The molecule has 0 saturated heterocycles. The van der Waals surface area contributed by atoms with E-state index in [0.717, 1.165) is 0 Å². The van der Waals surface area contributed by atoms with E-state index in [-0.39, 0.29) is 12.6 Å². The van der Waals surface area contributed by atoms with E-state index in [4.69, 9.17) is 0 Å². The van der Waals surface area contributed by atoms with Crippen LogP contribution in [-0.4, -0.2) is 12.6 Å². The molecule has 2 nitrogen and oxygen atoms in total. The van der Waals surface area contributed by atoms with Crippen molar-refractivity contribution in [1.82, 2.24) is 0 Å². The van der Waals surface area contributed by atoms with Crippen molar-refractivity contribution in [3.8, 4) is 0 Å². The molecule has 45 valence electrons. The summed E-state index contributed by atoms with van der Waals surface area (Å²) in [7, 11) is 0. The maximum Gasteiger partial charge on any atom is 0.330 e. The second-order valence-electron chi connectivity index (χ2n) is 1.17. The predicted octanol–water partition coefficient (Wildman–Crippen LogP) is 0.940. The van der Waals surface area contributed by atoms with Crippen LogP contribution in [0.15, 0.2) is 12.2 Å². The highest BCUT2D eigenvalue weighted by atomic mass is 16.5. The van der Waals surface area contributed by atoms with Crippen LogP contribution in [0, 0.1) is 6.92 Å². The lowest BCUT2D eigenvalue weighted by atomic mass is 10.5. The Balaban J connectivity index is 3.33. The van der Waals surface area contributed by atoms with Crippen LogP contribution < -0.4 is 0 Å². The highest BCUT2D eigenvalue weighted by molar-refractivity contribution is 5.81. The van der Waals surface area contributed by atoms with Gasteiger partial charge in [0.05, 0.1) is 6.61 Å². The molecule has 0 spiro atoms. The van der Waals surface area contributed by atoms with Crippen molar-refractivity contribution in [3.05, 3.63) is 19.1 Å². The average molecular weight is 113 g/mol. The number of hydrogen-bond donors (Lipinski definition) is 0. The predicted molar refractivity (Wildman–Crippen MR) is 31.1 cm³/mol. The van der Waals surface area contributed by atoms with E-state index in [2.05, 4.69) is 11.7 Å². The van der Waals surface area contributed by atoms with E-state index in [1.807, 2.05) is 0 Å². The lowest BCUT2D eigenvalue weighted by Crippen LogP contribution is -1.98. The van der Waals surface area contributed by atoms with Gasteiger partial charge in [0.2, 0.25) is 0 Å². The summed E-state index contributed by atoms with van der Waals surface area (Å²) >= 11 is 0. The van der Waals surface area contributed by atoms with Crippen LogP contribution >= 0.6 is 0 Å². The normalized spacial score (nSPS) is 9.75. The molecule has 0 aliphatic heterocycles. The first-order chi connectivity index (χ1) is 3.81. The smallest absolute Gasteiger partial charge is 0.330 e. The first kappa shape index (κ1) is 7.21. The SMILES string of the molecule is [CH2]COC(=O)C=CC. The van der Waals surface area contributed by atoms with Crippen molar-refractivity contribution in [1.29, 1.82) is 0 Å². The molecule has 0 aliphatic rings. The minimum Gasteiger partial charge on any atom is -0.463 e. The third-order valence-electron chi connectivity index (χ3n) is 0.547. The minimum absolute atomic E-state index is 0.198. The molecule has 0 fully saturated rings. The minimum atomic E-state index is -0.331. The zero-order valence-corrected chi connectivity index (χ0v) is 4.89. The molecule has 0 heterocycles. The molecule has 0 unspecified atom stereocenters. The number of allylic oxidation sites excluding steroid dienone is 1. The van der Waals surface area contributed by atoms with Crippen LogP contribution in [0.25, 0.3) is 0 Å². The fourth-order valence-electron chi connectivity index (χ4n) is 0.285. The van der Waals surface area contributed by atoms with Crippen LogP contribution in [-0.2, 0) is 9.53 Å². The molecule has 1 radical (unpaired) electrons. The topological polar surface area (TPSA) is 26.3 Å². The van der Waals surface area contributed by atoms with E-state index in [0.29, 0.717) is 0 Å². The molecular weight excluding hydrogens is 104 g/mol. The van der Waals surface area contributed by atoms with Crippen molar-refractivity contribution in [2.24, 2.45) is 0 Å². The molecule has 0 amide bonds. The average Bonchev–Trinajstić information content (AvgIpc) is 1.68. The summed E-state index contributed by atoms with van der Waals surface area (Å²) in [5.74, 6) is -0.331. The Labute approximate surface area is 49.1 Å². The van der Waals surface area contributed by atoms with Crippen LogP contribution in [0.1, 0.15) is 6.92 Å². The third kappa shape index (κ3) is 3.40. The van der Waals surface area contributed by atoms with Crippen molar-refractivity contribution in [2.45, 2.75) is 6.92 Å². The zero-order valence-electron chi connectivity index (χ0n) is 4.89. The summed E-state index contributed by atoms with van der Waals surface area (Å²) in [4.78, 5) is 10.3. The fraction of sp³-hybridized carbons (Fsp3) is 0.333. The van der Waals surface area contributed by atoms with Gasteiger partial charge >= 0.3 is 5.97 Å². The van der Waals surface area contributed by atoms with Gasteiger partial charge in [0.1, 0.15) is 0 Å². The Morgan fingerprint density at radius 1 is 1.88 bits per heavy atom.